The number of rotatable bonds is 2. The van der Waals surface area contributed by atoms with E-state index < -0.39 is 17.8 Å². The van der Waals surface area contributed by atoms with Crippen molar-refractivity contribution in [3.8, 4) is 0 Å². The highest BCUT2D eigenvalue weighted by molar-refractivity contribution is 9.10. The fourth-order valence-corrected chi connectivity index (χ4v) is 1.73. The predicted octanol–water partition coefficient (Wildman–Crippen LogP) is 3.39. The molecule has 0 aliphatic heterocycles. The third-order valence-electron chi connectivity index (χ3n) is 1.87. The van der Waals surface area contributed by atoms with E-state index in [9.17, 15) is 13.2 Å². The quantitative estimate of drug-likeness (QED) is 0.882. The van der Waals surface area contributed by atoms with Crippen LogP contribution in [0.15, 0.2) is 22.7 Å². The molecule has 0 aromatic heterocycles. The van der Waals surface area contributed by atoms with Gasteiger partial charge in [0, 0.05) is 4.47 Å². The van der Waals surface area contributed by atoms with Crippen molar-refractivity contribution in [1.82, 2.24) is 0 Å². The molecule has 0 amide bonds. The minimum Gasteiger partial charge on any atom is -0.393 e. The van der Waals surface area contributed by atoms with Gasteiger partial charge in [-0.2, -0.15) is 13.2 Å². The molecule has 0 heterocycles. The van der Waals surface area contributed by atoms with E-state index in [1.165, 1.54) is 13.0 Å². The Kier molecular flexibility index (Phi) is 3.78. The Morgan fingerprint density at radius 2 is 2.00 bits per heavy atom. The molecule has 0 aliphatic rings. The zero-order chi connectivity index (χ0) is 11.6. The summed E-state index contributed by atoms with van der Waals surface area (Å²) in [5.74, 6) is 0. The minimum absolute atomic E-state index is 0.0179. The normalized spacial score (nSPS) is 14.0. The molecule has 0 bridgehead atoms. The van der Waals surface area contributed by atoms with Gasteiger partial charge in [-0.1, -0.05) is 22.0 Å². The van der Waals surface area contributed by atoms with Crippen LogP contribution in [0.1, 0.15) is 18.1 Å². The van der Waals surface area contributed by atoms with Crippen LogP contribution in [0.4, 0.5) is 13.2 Å². The fraction of sp³-hybridized carbons (Fsp3) is 0.400. The maximum Gasteiger partial charge on any atom is 0.417 e. The van der Waals surface area contributed by atoms with Crippen LogP contribution in [-0.4, -0.2) is 11.2 Å². The lowest BCUT2D eigenvalue weighted by Crippen LogP contribution is -2.09. The summed E-state index contributed by atoms with van der Waals surface area (Å²) in [6.45, 7) is 1.54. The monoisotopic (exact) mass is 282 g/mol. The van der Waals surface area contributed by atoms with Crippen molar-refractivity contribution in [3.05, 3.63) is 33.8 Å². The lowest BCUT2D eigenvalue weighted by molar-refractivity contribution is -0.138. The zero-order valence-electron chi connectivity index (χ0n) is 7.98. The van der Waals surface area contributed by atoms with E-state index in [1.54, 1.807) is 6.07 Å². The molecule has 1 N–H and O–H groups in total. The molecule has 1 aromatic rings. The maximum atomic E-state index is 12.5. The number of aliphatic hydroxyl groups excluding tert-OH is 1. The van der Waals surface area contributed by atoms with Gasteiger partial charge in [-0.25, -0.2) is 0 Å². The Morgan fingerprint density at radius 3 is 2.47 bits per heavy atom. The average Bonchev–Trinajstić information content (AvgIpc) is 2.05. The number of alkyl halides is 3. The Hall–Kier alpha value is -0.550. The van der Waals surface area contributed by atoms with E-state index in [4.69, 9.17) is 5.11 Å². The number of hydrogen-bond acceptors (Lipinski definition) is 1. The van der Waals surface area contributed by atoms with E-state index in [2.05, 4.69) is 15.9 Å². The fourth-order valence-electron chi connectivity index (χ4n) is 1.26. The highest BCUT2D eigenvalue weighted by Gasteiger charge is 2.33. The van der Waals surface area contributed by atoms with Gasteiger partial charge in [0.15, 0.2) is 0 Å². The Morgan fingerprint density at radius 1 is 1.40 bits per heavy atom. The second-order valence-electron chi connectivity index (χ2n) is 3.37. The Bertz CT molecular complexity index is 347. The molecular weight excluding hydrogens is 273 g/mol. The molecule has 84 valence electrons. The summed E-state index contributed by atoms with van der Waals surface area (Å²) in [5.41, 5.74) is -0.235. The van der Waals surface area contributed by atoms with Crippen molar-refractivity contribution in [2.75, 3.05) is 0 Å². The molecule has 5 heteroatoms. The summed E-state index contributed by atoms with van der Waals surface area (Å²) in [4.78, 5) is 0. The van der Waals surface area contributed by atoms with Crippen LogP contribution in [0.5, 0.6) is 0 Å². The highest BCUT2D eigenvalue weighted by Crippen LogP contribution is 2.35. The number of aliphatic hydroxyl groups is 1. The number of hydrogen-bond donors (Lipinski definition) is 1. The van der Waals surface area contributed by atoms with Gasteiger partial charge in [0.2, 0.25) is 0 Å². The van der Waals surface area contributed by atoms with E-state index in [0.29, 0.717) is 5.56 Å². The van der Waals surface area contributed by atoms with Crippen molar-refractivity contribution in [3.63, 3.8) is 0 Å². The largest absolute Gasteiger partial charge is 0.417 e. The molecule has 0 saturated heterocycles. The smallest absolute Gasteiger partial charge is 0.393 e. The van der Waals surface area contributed by atoms with Gasteiger partial charge in [-0.05, 0) is 31.0 Å². The van der Waals surface area contributed by atoms with Crippen LogP contribution >= 0.6 is 15.9 Å². The van der Waals surface area contributed by atoms with Gasteiger partial charge in [0.25, 0.3) is 0 Å². The first-order valence-corrected chi connectivity index (χ1v) is 5.13. The van der Waals surface area contributed by atoms with Crippen molar-refractivity contribution < 1.29 is 18.3 Å². The SMILES string of the molecule is C[C@@H](O)Cc1ccc(Br)c(C(F)(F)F)c1. The molecule has 0 unspecified atom stereocenters. The van der Waals surface area contributed by atoms with E-state index in [1.807, 2.05) is 0 Å². The van der Waals surface area contributed by atoms with Crippen LogP contribution in [0.3, 0.4) is 0 Å². The van der Waals surface area contributed by atoms with Crippen molar-refractivity contribution >= 4 is 15.9 Å². The summed E-state index contributed by atoms with van der Waals surface area (Å²) in [7, 11) is 0. The summed E-state index contributed by atoms with van der Waals surface area (Å²) >= 11 is 2.85. The predicted molar refractivity (Wildman–Crippen MR) is 54.5 cm³/mol. The first-order chi connectivity index (χ1) is 6.80. The van der Waals surface area contributed by atoms with E-state index in [-0.39, 0.29) is 10.9 Å². The van der Waals surface area contributed by atoms with Gasteiger partial charge in [0.05, 0.1) is 11.7 Å². The molecule has 1 nitrogen and oxygen atoms in total. The average molecular weight is 283 g/mol. The van der Waals surface area contributed by atoms with Crippen LogP contribution in [0.25, 0.3) is 0 Å². The van der Waals surface area contributed by atoms with Crippen LogP contribution in [-0.2, 0) is 12.6 Å². The van der Waals surface area contributed by atoms with Crippen LogP contribution < -0.4 is 0 Å². The highest BCUT2D eigenvalue weighted by atomic mass is 79.9. The molecule has 0 fully saturated rings. The summed E-state index contributed by atoms with van der Waals surface area (Å²) in [6.07, 6.45) is -4.79. The van der Waals surface area contributed by atoms with Crippen molar-refractivity contribution in [2.24, 2.45) is 0 Å². The molecular formula is C10H10BrF3O. The van der Waals surface area contributed by atoms with Crippen LogP contribution in [0, 0.1) is 0 Å². The first-order valence-electron chi connectivity index (χ1n) is 4.34. The summed E-state index contributed by atoms with van der Waals surface area (Å²) in [6, 6.07) is 3.96. The standard InChI is InChI=1S/C10H10BrF3O/c1-6(15)4-7-2-3-9(11)8(5-7)10(12,13)14/h2-3,5-6,15H,4H2,1H3/t6-/m1/s1. The lowest BCUT2D eigenvalue weighted by atomic mass is 10.1. The number of halogens is 4. The van der Waals surface area contributed by atoms with Gasteiger partial charge >= 0.3 is 6.18 Å². The minimum atomic E-state index is -4.37. The number of benzene rings is 1. The molecule has 1 aromatic carbocycles. The topological polar surface area (TPSA) is 20.2 Å². The lowest BCUT2D eigenvalue weighted by Gasteiger charge is -2.11. The molecule has 0 radical (unpaired) electrons. The molecule has 0 saturated carbocycles. The molecule has 1 atom stereocenters. The summed E-state index contributed by atoms with van der Waals surface area (Å²) < 4.78 is 37.4. The maximum absolute atomic E-state index is 12.5. The third-order valence-corrected chi connectivity index (χ3v) is 2.56. The third kappa shape index (κ3) is 3.50. The van der Waals surface area contributed by atoms with Gasteiger partial charge in [-0.15, -0.1) is 0 Å². The molecule has 0 aliphatic carbocycles. The first kappa shape index (κ1) is 12.5. The van der Waals surface area contributed by atoms with Crippen LogP contribution in [0.2, 0.25) is 0 Å². The Labute approximate surface area is 94.0 Å². The molecule has 0 spiro atoms. The second-order valence-corrected chi connectivity index (χ2v) is 4.22. The van der Waals surface area contributed by atoms with Gasteiger partial charge < -0.3 is 5.11 Å². The van der Waals surface area contributed by atoms with Crippen molar-refractivity contribution in [1.29, 1.82) is 0 Å². The van der Waals surface area contributed by atoms with E-state index >= 15 is 0 Å². The Balaban J connectivity index is 3.06. The molecule has 15 heavy (non-hydrogen) atoms. The second kappa shape index (κ2) is 4.53. The zero-order valence-corrected chi connectivity index (χ0v) is 9.56. The van der Waals surface area contributed by atoms with E-state index in [0.717, 1.165) is 6.07 Å². The van der Waals surface area contributed by atoms with Gasteiger partial charge in [-0.3, -0.25) is 0 Å². The molecule has 1 rings (SSSR count). The summed E-state index contributed by atoms with van der Waals surface area (Å²) in [5, 5.41) is 9.08. The van der Waals surface area contributed by atoms with Crippen molar-refractivity contribution in [2.45, 2.75) is 25.6 Å². The van der Waals surface area contributed by atoms with Gasteiger partial charge in [0.1, 0.15) is 0 Å².